The lowest BCUT2D eigenvalue weighted by Gasteiger charge is -2.08. The molecule has 18 heavy (non-hydrogen) atoms. The van der Waals surface area contributed by atoms with Gasteiger partial charge in [-0.05, 0) is 23.3 Å². The number of carbonyl (C=O) groups excluding carboxylic acids is 1. The number of nitrogens with one attached hydrogen (secondary N) is 1. The van der Waals surface area contributed by atoms with Crippen molar-refractivity contribution in [1.82, 2.24) is 5.32 Å². The zero-order valence-electron chi connectivity index (χ0n) is 9.55. The highest BCUT2D eigenvalue weighted by atomic mass is 31.1. The molecule has 0 bridgehead atoms. The Morgan fingerprint density at radius 2 is 2.00 bits per heavy atom. The summed E-state index contributed by atoms with van der Waals surface area (Å²) in [6.07, 6.45) is 2.84. The third kappa shape index (κ3) is 2.83. The van der Waals surface area contributed by atoms with Gasteiger partial charge in [0.05, 0.1) is 10.9 Å². The summed E-state index contributed by atoms with van der Waals surface area (Å²) in [7, 11) is -2.95. The van der Waals surface area contributed by atoms with Gasteiger partial charge in [0.2, 0.25) is 0 Å². The molecule has 0 fully saturated rings. The van der Waals surface area contributed by atoms with E-state index in [-0.39, 0.29) is 10.9 Å². The molecule has 1 rings (SSSR count). The second-order valence-corrected chi connectivity index (χ2v) is 4.30. The molecule has 1 aromatic rings. The van der Waals surface area contributed by atoms with Crippen molar-refractivity contribution in [3.8, 4) is 0 Å². The molecule has 0 aliphatic heterocycles. The summed E-state index contributed by atoms with van der Waals surface area (Å²) in [5.41, 5.74) is 0.882. The van der Waals surface area contributed by atoms with Gasteiger partial charge in [0.25, 0.3) is 5.91 Å². The Balaban J connectivity index is 3.58. The van der Waals surface area contributed by atoms with Crippen LogP contribution in [-0.2, 0) is 9.13 Å². The van der Waals surface area contributed by atoms with Crippen LogP contribution in [0.1, 0.15) is 21.5 Å². The molecule has 0 unspecified atom stereocenters. The topological polar surface area (TPSA) is 83.5 Å². The molecule has 94 valence electrons. The Bertz CT molecular complexity index is 568. The van der Waals surface area contributed by atoms with Crippen molar-refractivity contribution in [2.75, 3.05) is 6.73 Å². The fourth-order valence-corrected chi connectivity index (χ4v) is 2.23. The van der Waals surface area contributed by atoms with Crippen molar-refractivity contribution < 1.29 is 19.0 Å². The largest absolute Gasteiger partial charge is 0.376 e. The van der Waals surface area contributed by atoms with Crippen LogP contribution in [-0.4, -0.2) is 17.7 Å². The minimum Gasteiger partial charge on any atom is -0.376 e. The third-order valence-corrected chi connectivity index (χ3v) is 3.15. The van der Waals surface area contributed by atoms with E-state index in [1.54, 1.807) is 6.07 Å². The number of hydrogen-bond donors (Lipinski definition) is 2. The van der Waals surface area contributed by atoms with Gasteiger partial charge >= 0.3 is 7.68 Å². The molecule has 1 aromatic carbocycles. The van der Waals surface area contributed by atoms with E-state index in [2.05, 4.69) is 18.5 Å². The molecule has 2 N–H and O–H groups in total. The van der Waals surface area contributed by atoms with Crippen LogP contribution in [0.3, 0.4) is 0 Å². The van der Waals surface area contributed by atoms with Gasteiger partial charge in [0.15, 0.2) is 0 Å². The number of aliphatic hydroxyl groups is 1. The summed E-state index contributed by atoms with van der Waals surface area (Å²) in [5.74, 6) is -0.668. The summed E-state index contributed by atoms with van der Waals surface area (Å²) in [5, 5.41) is 10.7. The van der Waals surface area contributed by atoms with E-state index in [0.29, 0.717) is 11.1 Å². The molecule has 0 aromatic heterocycles. The van der Waals surface area contributed by atoms with Crippen molar-refractivity contribution in [2.45, 2.75) is 0 Å². The van der Waals surface area contributed by atoms with Gasteiger partial charge in [-0.1, -0.05) is 25.3 Å². The van der Waals surface area contributed by atoms with Crippen LogP contribution >= 0.6 is 7.68 Å². The standard InChI is InChI=1S/C12H12NO4P/c1-3-8-5-9(4-2)11(18(16)17)10(6-8)12(15)13-7-14/h3-6,14H,1-2,7H2,(H,13,15). The molecule has 0 atom stereocenters. The second-order valence-electron chi connectivity index (χ2n) is 3.34. The van der Waals surface area contributed by atoms with Crippen molar-refractivity contribution in [1.29, 1.82) is 0 Å². The summed E-state index contributed by atoms with van der Waals surface area (Å²) in [6, 6.07) is 2.96. The molecule has 1 amide bonds. The maximum absolute atomic E-state index is 11.7. The first-order chi connectivity index (χ1) is 8.54. The maximum atomic E-state index is 11.7. The van der Waals surface area contributed by atoms with Gasteiger partial charge in [-0.15, -0.1) is 0 Å². The first-order valence-electron chi connectivity index (χ1n) is 5.01. The van der Waals surface area contributed by atoms with E-state index in [4.69, 9.17) is 5.11 Å². The molecule has 0 spiro atoms. The van der Waals surface area contributed by atoms with E-state index in [1.165, 1.54) is 18.2 Å². The molecule has 0 aliphatic rings. The average Bonchev–Trinajstić information content (AvgIpc) is 2.36. The lowest BCUT2D eigenvalue weighted by molar-refractivity contribution is 0.0911. The smallest absolute Gasteiger partial charge is 0.350 e. The van der Waals surface area contributed by atoms with Crippen LogP contribution in [0.5, 0.6) is 0 Å². The molecule has 0 saturated carbocycles. The summed E-state index contributed by atoms with van der Waals surface area (Å²) >= 11 is 0. The number of amides is 1. The molecule has 5 nitrogen and oxygen atoms in total. The highest BCUT2D eigenvalue weighted by Crippen LogP contribution is 2.18. The molecule has 0 aliphatic carbocycles. The van der Waals surface area contributed by atoms with Gasteiger partial charge in [0, 0.05) is 0 Å². The molecule has 6 heteroatoms. The van der Waals surface area contributed by atoms with Crippen LogP contribution < -0.4 is 10.6 Å². The van der Waals surface area contributed by atoms with Crippen molar-refractivity contribution >= 4 is 31.0 Å². The van der Waals surface area contributed by atoms with Gasteiger partial charge < -0.3 is 10.4 Å². The van der Waals surface area contributed by atoms with Crippen LogP contribution in [0.4, 0.5) is 0 Å². The van der Waals surface area contributed by atoms with Crippen LogP contribution in [0.15, 0.2) is 25.3 Å². The van der Waals surface area contributed by atoms with Gasteiger partial charge in [0.1, 0.15) is 6.73 Å². The van der Waals surface area contributed by atoms with Crippen LogP contribution in [0.2, 0.25) is 0 Å². The van der Waals surface area contributed by atoms with E-state index in [9.17, 15) is 13.9 Å². The second kappa shape index (κ2) is 6.10. The summed E-state index contributed by atoms with van der Waals surface area (Å²) in [4.78, 5) is 11.7. The van der Waals surface area contributed by atoms with E-state index < -0.39 is 20.3 Å². The van der Waals surface area contributed by atoms with E-state index in [1.807, 2.05) is 0 Å². The molecule has 0 heterocycles. The summed E-state index contributed by atoms with van der Waals surface area (Å²) in [6.45, 7) is 6.50. The Morgan fingerprint density at radius 3 is 2.44 bits per heavy atom. The third-order valence-electron chi connectivity index (χ3n) is 2.28. The Hall–Kier alpha value is -1.97. The number of benzene rings is 1. The Morgan fingerprint density at radius 1 is 1.33 bits per heavy atom. The van der Waals surface area contributed by atoms with Crippen molar-refractivity contribution in [3.63, 3.8) is 0 Å². The zero-order valence-corrected chi connectivity index (χ0v) is 10.4. The van der Waals surface area contributed by atoms with Crippen LogP contribution in [0.25, 0.3) is 12.2 Å². The highest BCUT2D eigenvalue weighted by molar-refractivity contribution is 7.41. The lowest BCUT2D eigenvalue weighted by Crippen LogP contribution is -2.28. The van der Waals surface area contributed by atoms with Crippen LogP contribution in [0, 0.1) is 0 Å². The predicted octanol–water partition coefficient (Wildman–Crippen LogP) is 1.45. The minimum atomic E-state index is -2.95. The monoisotopic (exact) mass is 265 g/mol. The zero-order chi connectivity index (χ0) is 13.7. The normalized spacial score (nSPS) is 9.61. The molecular weight excluding hydrogens is 253 g/mol. The Labute approximate surface area is 105 Å². The number of carbonyl (C=O) groups is 1. The number of rotatable bonds is 5. The minimum absolute atomic E-state index is 0.0348. The highest BCUT2D eigenvalue weighted by Gasteiger charge is 2.18. The first-order valence-corrected chi connectivity index (χ1v) is 6.19. The van der Waals surface area contributed by atoms with E-state index in [0.717, 1.165) is 0 Å². The van der Waals surface area contributed by atoms with Crippen molar-refractivity contribution in [2.24, 2.45) is 0 Å². The average molecular weight is 265 g/mol. The number of hydrogen-bond acceptors (Lipinski definition) is 4. The molecule has 0 saturated heterocycles. The Kier molecular flexibility index (Phi) is 4.77. The fraction of sp³-hybridized carbons (Fsp3) is 0.0833. The first kappa shape index (κ1) is 14.1. The van der Waals surface area contributed by atoms with Gasteiger partial charge in [-0.2, -0.15) is 0 Å². The lowest BCUT2D eigenvalue weighted by atomic mass is 10.0. The fourth-order valence-electron chi connectivity index (χ4n) is 1.50. The summed E-state index contributed by atoms with van der Waals surface area (Å²) < 4.78 is 22.5. The molecular formula is C12H12NO4P. The SMILES string of the molecule is C=Cc1cc(C=C)c(P(=O)=O)c(C(=O)NCO)c1. The number of aliphatic hydroxyl groups excluding tert-OH is 1. The van der Waals surface area contributed by atoms with Gasteiger partial charge in [-0.3, -0.25) is 4.79 Å². The van der Waals surface area contributed by atoms with Crippen molar-refractivity contribution in [3.05, 3.63) is 42.0 Å². The quantitative estimate of drug-likeness (QED) is 0.623. The van der Waals surface area contributed by atoms with Gasteiger partial charge in [-0.25, -0.2) is 9.13 Å². The van der Waals surface area contributed by atoms with E-state index >= 15 is 0 Å². The predicted molar refractivity (Wildman–Crippen MR) is 69.1 cm³/mol. The maximum Gasteiger partial charge on any atom is 0.350 e. The molecule has 0 radical (unpaired) electrons.